The largest absolute Gasteiger partial charge is 0.337 e. The van der Waals surface area contributed by atoms with Crippen LogP contribution in [0.4, 0.5) is 5.69 Å². The average Bonchev–Trinajstić information content (AvgIpc) is 3.29. The normalized spacial score (nSPS) is 11.4. The number of benzene rings is 3. The Balaban J connectivity index is 1.73. The zero-order valence-corrected chi connectivity index (χ0v) is 17.9. The number of amides is 1. The summed E-state index contributed by atoms with van der Waals surface area (Å²) >= 11 is 1.13. The van der Waals surface area contributed by atoms with Crippen molar-refractivity contribution in [3.8, 4) is 0 Å². The number of hydrogen-bond donors (Lipinski definition) is 1. The molecule has 1 amide bonds. The molecule has 30 heavy (non-hydrogen) atoms. The Morgan fingerprint density at radius 2 is 1.60 bits per heavy atom. The summed E-state index contributed by atoms with van der Waals surface area (Å²) in [5, 5.41) is 3.42. The van der Waals surface area contributed by atoms with Gasteiger partial charge in [-0.05, 0) is 39.9 Å². The van der Waals surface area contributed by atoms with Gasteiger partial charge in [-0.1, -0.05) is 60.7 Å². The maximum Gasteiger partial charge on any atom is 0.271 e. The van der Waals surface area contributed by atoms with E-state index in [2.05, 4.69) is 4.72 Å². The molecule has 5 nitrogen and oxygen atoms in total. The Morgan fingerprint density at radius 1 is 0.933 bits per heavy atom. The van der Waals surface area contributed by atoms with Crippen LogP contribution in [0.1, 0.15) is 15.9 Å². The van der Waals surface area contributed by atoms with E-state index in [-0.39, 0.29) is 15.8 Å². The van der Waals surface area contributed by atoms with Crippen molar-refractivity contribution in [1.82, 2.24) is 4.90 Å². The topological polar surface area (TPSA) is 66.5 Å². The summed E-state index contributed by atoms with van der Waals surface area (Å²) in [5.74, 6) is -0.256. The first-order valence-corrected chi connectivity index (χ1v) is 11.7. The Kier molecular flexibility index (Phi) is 5.57. The summed E-state index contributed by atoms with van der Waals surface area (Å²) in [6, 6.07) is 23.9. The van der Waals surface area contributed by atoms with Gasteiger partial charge in [-0.3, -0.25) is 9.52 Å². The van der Waals surface area contributed by atoms with Crippen LogP contribution in [0.3, 0.4) is 0 Å². The van der Waals surface area contributed by atoms with Gasteiger partial charge in [0.25, 0.3) is 15.9 Å². The molecule has 0 saturated heterocycles. The fourth-order valence-electron chi connectivity index (χ4n) is 3.25. The lowest BCUT2D eigenvalue weighted by molar-refractivity contribution is 0.0786. The maximum absolute atomic E-state index is 13.3. The summed E-state index contributed by atoms with van der Waals surface area (Å²) in [5.41, 5.74) is 1.58. The molecular weight excluding hydrogens is 416 g/mol. The van der Waals surface area contributed by atoms with Crippen molar-refractivity contribution in [2.45, 2.75) is 10.8 Å². The second kappa shape index (κ2) is 8.30. The minimum absolute atomic E-state index is 0.201. The second-order valence-electron chi connectivity index (χ2n) is 6.93. The fraction of sp³-hybridized carbons (Fsp3) is 0.0870. The standard InChI is InChI=1S/C23H20N2O3S2/c1-25(16-17-8-3-2-4-9-17)23(26)20-14-18-10-5-6-11-19(18)15-21(20)24-30(27,28)22-12-7-13-29-22/h2-15,24H,16H2,1H3. The third-order valence-corrected chi connectivity index (χ3v) is 7.49. The van der Waals surface area contributed by atoms with Crippen molar-refractivity contribution < 1.29 is 13.2 Å². The van der Waals surface area contributed by atoms with Gasteiger partial charge in [-0.25, -0.2) is 8.42 Å². The lowest BCUT2D eigenvalue weighted by Gasteiger charge is -2.20. The molecule has 0 aliphatic heterocycles. The highest BCUT2D eigenvalue weighted by Gasteiger charge is 2.22. The monoisotopic (exact) mass is 436 g/mol. The van der Waals surface area contributed by atoms with Crippen LogP contribution in [0.2, 0.25) is 0 Å². The van der Waals surface area contributed by atoms with Crippen molar-refractivity contribution >= 4 is 43.7 Å². The van der Waals surface area contributed by atoms with Gasteiger partial charge in [-0.15, -0.1) is 11.3 Å². The molecule has 1 heterocycles. The lowest BCUT2D eigenvalue weighted by Crippen LogP contribution is -2.27. The van der Waals surface area contributed by atoms with Gasteiger partial charge in [0, 0.05) is 13.6 Å². The SMILES string of the molecule is CN(Cc1ccccc1)C(=O)c1cc2ccccc2cc1NS(=O)(=O)c1cccs1. The zero-order valence-electron chi connectivity index (χ0n) is 16.3. The van der Waals surface area contributed by atoms with Gasteiger partial charge in [-0.2, -0.15) is 0 Å². The van der Waals surface area contributed by atoms with E-state index in [0.29, 0.717) is 12.1 Å². The summed E-state index contributed by atoms with van der Waals surface area (Å²) in [6.45, 7) is 0.420. The van der Waals surface area contributed by atoms with E-state index in [4.69, 9.17) is 0 Å². The molecule has 0 aliphatic rings. The predicted octanol–water partition coefficient (Wildman–Crippen LogP) is 4.97. The third-order valence-electron chi connectivity index (χ3n) is 4.73. The molecular formula is C23H20N2O3S2. The van der Waals surface area contributed by atoms with Crippen LogP contribution in [-0.4, -0.2) is 26.3 Å². The van der Waals surface area contributed by atoms with Crippen LogP contribution < -0.4 is 4.72 Å². The molecule has 0 radical (unpaired) electrons. The molecule has 3 aromatic carbocycles. The van der Waals surface area contributed by atoms with Gasteiger partial charge in [0.1, 0.15) is 4.21 Å². The van der Waals surface area contributed by atoms with Crippen LogP contribution in [0.25, 0.3) is 10.8 Å². The quantitative estimate of drug-likeness (QED) is 0.464. The molecule has 4 aromatic rings. The number of rotatable bonds is 6. The Morgan fingerprint density at radius 3 is 2.27 bits per heavy atom. The Bertz CT molecular complexity index is 1280. The summed E-state index contributed by atoms with van der Waals surface area (Å²) in [4.78, 5) is 14.9. The predicted molar refractivity (Wildman–Crippen MR) is 121 cm³/mol. The van der Waals surface area contributed by atoms with E-state index in [1.54, 1.807) is 35.5 Å². The van der Waals surface area contributed by atoms with Gasteiger partial charge >= 0.3 is 0 Å². The maximum atomic E-state index is 13.3. The number of thiophene rings is 1. The Hall–Kier alpha value is -3.16. The summed E-state index contributed by atoms with van der Waals surface area (Å²) < 4.78 is 28.4. The lowest BCUT2D eigenvalue weighted by atomic mass is 10.0. The number of anilines is 1. The molecule has 0 unspecified atom stereocenters. The average molecular weight is 437 g/mol. The summed E-state index contributed by atoms with van der Waals surface area (Å²) in [7, 11) is -2.07. The van der Waals surface area contributed by atoms with Gasteiger partial charge in [0.15, 0.2) is 0 Å². The number of nitrogens with one attached hydrogen (secondary N) is 1. The third kappa shape index (κ3) is 4.22. The van der Waals surface area contributed by atoms with Crippen LogP contribution in [0, 0.1) is 0 Å². The summed E-state index contributed by atoms with van der Waals surface area (Å²) in [6.07, 6.45) is 0. The van der Waals surface area contributed by atoms with E-state index in [9.17, 15) is 13.2 Å². The first kappa shape index (κ1) is 20.1. The number of sulfonamides is 1. The molecule has 0 atom stereocenters. The smallest absolute Gasteiger partial charge is 0.271 e. The van der Waals surface area contributed by atoms with E-state index < -0.39 is 10.0 Å². The first-order chi connectivity index (χ1) is 14.4. The Labute approximate surface area is 179 Å². The highest BCUT2D eigenvalue weighted by Crippen LogP contribution is 2.28. The number of nitrogens with zero attached hydrogens (tertiary/aromatic N) is 1. The molecule has 0 bridgehead atoms. The van der Waals surface area contributed by atoms with Crippen LogP contribution in [0.5, 0.6) is 0 Å². The molecule has 7 heteroatoms. The highest BCUT2D eigenvalue weighted by molar-refractivity contribution is 7.94. The van der Waals surface area contributed by atoms with E-state index >= 15 is 0 Å². The van der Waals surface area contributed by atoms with E-state index in [0.717, 1.165) is 27.7 Å². The molecule has 1 aromatic heterocycles. The van der Waals surface area contributed by atoms with Crippen LogP contribution in [0.15, 0.2) is 88.5 Å². The molecule has 0 fully saturated rings. The van der Waals surface area contributed by atoms with Crippen molar-refractivity contribution in [3.05, 3.63) is 95.4 Å². The number of carbonyl (C=O) groups is 1. The van der Waals surface area contributed by atoms with Crippen molar-refractivity contribution in [1.29, 1.82) is 0 Å². The number of hydrogen-bond acceptors (Lipinski definition) is 4. The molecule has 0 saturated carbocycles. The van der Waals surface area contributed by atoms with E-state index in [1.165, 1.54) is 6.07 Å². The number of fused-ring (bicyclic) bond motifs is 1. The van der Waals surface area contributed by atoms with Gasteiger partial charge in [0.2, 0.25) is 0 Å². The van der Waals surface area contributed by atoms with Gasteiger partial charge in [0.05, 0.1) is 11.3 Å². The highest BCUT2D eigenvalue weighted by atomic mass is 32.2. The van der Waals surface area contributed by atoms with Crippen LogP contribution in [-0.2, 0) is 16.6 Å². The van der Waals surface area contributed by atoms with Crippen molar-refractivity contribution in [2.24, 2.45) is 0 Å². The second-order valence-corrected chi connectivity index (χ2v) is 9.79. The molecule has 0 aliphatic carbocycles. The zero-order chi connectivity index (χ0) is 21.1. The fourth-order valence-corrected chi connectivity index (χ4v) is 5.31. The number of carbonyl (C=O) groups excluding carboxylic acids is 1. The molecule has 0 spiro atoms. The minimum Gasteiger partial charge on any atom is -0.337 e. The molecule has 152 valence electrons. The van der Waals surface area contributed by atoms with Gasteiger partial charge < -0.3 is 4.90 Å². The molecule has 1 N–H and O–H groups in total. The first-order valence-electron chi connectivity index (χ1n) is 9.32. The van der Waals surface area contributed by atoms with Crippen LogP contribution >= 0.6 is 11.3 Å². The van der Waals surface area contributed by atoms with Crippen molar-refractivity contribution in [2.75, 3.05) is 11.8 Å². The van der Waals surface area contributed by atoms with Crippen molar-refractivity contribution in [3.63, 3.8) is 0 Å². The minimum atomic E-state index is -3.78. The van der Waals surface area contributed by atoms with E-state index in [1.807, 2.05) is 54.6 Å². The molecule has 4 rings (SSSR count).